The summed E-state index contributed by atoms with van der Waals surface area (Å²) in [5.41, 5.74) is 0. The number of esters is 1. The molecule has 1 saturated heterocycles. The highest BCUT2D eigenvalue weighted by Crippen LogP contribution is 2.76. The zero-order chi connectivity index (χ0) is 12.0. The van der Waals surface area contributed by atoms with Gasteiger partial charge in [0.25, 0.3) is 0 Å². The quantitative estimate of drug-likeness (QED) is 0.571. The van der Waals surface area contributed by atoms with E-state index in [9.17, 15) is 17.7 Å². The third-order valence-electron chi connectivity index (χ3n) is 3.69. The van der Waals surface area contributed by atoms with Crippen LogP contribution < -0.4 is 0 Å². The molecular formula is C9H13BF3O2S-. The second kappa shape index (κ2) is 3.86. The topological polar surface area (TPSA) is 26.3 Å². The summed E-state index contributed by atoms with van der Waals surface area (Å²) in [4.78, 5) is 11.5. The molecule has 1 aliphatic heterocycles. The van der Waals surface area contributed by atoms with Crippen molar-refractivity contribution >= 4 is 24.7 Å². The monoisotopic (exact) mass is 253 g/mol. The maximum atomic E-state index is 13.1. The number of fused-ring (bicyclic) bond motifs is 1. The van der Waals surface area contributed by atoms with Crippen molar-refractivity contribution < 1.29 is 22.5 Å². The number of carbonyl (C=O) groups excluding carboxylic acids is 1. The first-order chi connectivity index (χ1) is 7.45. The van der Waals surface area contributed by atoms with E-state index in [2.05, 4.69) is 0 Å². The second-order valence-electron chi connectivity index (χ2n) is 4.35. The highest BCUT2D eigenvalue weighted by Gasteiger charge is 2.75. The van der Waals surface area contributed by atoms with Gasteiger partial charge >= 0.3 is 12.9 Å². The largest absolute Gasteiger partial charge is 0.485 e. The van der Waals surface area contributed by atoms with Crippen molar-refractivity contribution in [3.05, 3.63) is 0 Å². The van der Waals surface area contributed by atoms with Crippen LogP contribution in [0.4, 0.5) is 12.9 Å². The number of halogens is 3. The van der Waals surface area contributed by atoms with E-state index in [1.54, 1.807) is 6.92 Å². The van der Waals surface area contributed by atoms with E-state index in [1.807, 2.05) is 0 Å². The molecule has 2 fully saturated rings. The minimum Gasteiger partial charge on any atom is -0.466 e. The van der Waals surface area contributed by atoms with E-state index < -0.39 is 30.1 Å². The number of hydrogen-bond acceptors (Lipinski definition) is 3. The van der Waals surface area contributed by atoms with Gasteiger partial charge in [0, 0.05) is 5.92 Å². The summed E-state index contributed by atoms with van der Waals surface area (Å²) in [6.07, 6.45) is 0.0787. The highest BCUT2D eigenvalue weighted by atomic mass is 32.2. The van der Waals surface area contributed by atoms with Gasteiger partial charge in [-0.1, -0.05) is 6.42 Å². The summed E-state index contributed by atoms with van der Waals surface area (Å²) in [5.74, 6) is -1.19. The van der Waals surface area contributed by atoms with Crippen LogP contribution in [0.3, 0.4) is 0 Å². The maximum Gasteiger partial charge on any atom is 0.485 e. The zero-order valence-corrected chi connectivity index (χ0v) is 9.74. The maximum absolute atomic E-state index is 13.1. The molecule has 2 aliphatic rings. The molecular weight excluding hydrogens is 240 g/mol. The lowest BCUT2D eigenvalue weighted by Gasteiger charge is -2.31. The van der Waals surface area contributed by atoms with Crippen molar-refractivity contribution in [2.24, 2.45) is 11.8 Å². The standard InChI is InChI=1S/C9H13BF3O2S/c1-2-15-8(14)7-6-5-16-4-3-9(6,7)10(11,12)13/h6-7H,2-5H2,1H3/q-1/t6?,7-,9-/m0/s1. The first-order valence-corrected chi connectivity index (χ1v) is 6.54. The van der Waals surface area contributed by atoms with Gasteiger partial charge < -0.3 is 17.7 Å². The Morgan fingerprint density at radius 2 is 2.25 bits per heavy atom. The van der Waals surface area contributed by atoms with Gasteiger partial charge in [-0.3, -0.25) is 4.79 Å². The molecule has 3 atom stereocenters. The van der Waals surface area contributed by atoms with Crippen LogP contribution in [0.1, 0.15) is 13.3 Å². The van der Waals surface area contributed by atoms with Crippen LogP contribution in [-0.4, -0.2) is 31.1 Å². The fraction of sp³-hybridized carbons (Fsp3) is 0.889. The van der Waals surface area contributed by atoms with E-state index in [0.29, 0.717) is 11.5 Å². The van der Waals surface area contributed by atoms with Crippen LogP contribution >= 0.6 is 11.8 Å². The molecule has 0 aromatic carbocycles. The molecule has 7 heteroatoms. The van der Waals surface area contributed by atoms with E-state index in [-0.39, 0.29) is 13.0 Å². The van der Waals surface area contributed by atoms with Crippen LogP contribution in [0.2, 0.25) is 5.31 Å². The summed E-state index contributed by atoms with van der Waals surface area (Å²) in [5, 5.41) is -1.71. The molecule has 2 nitrogen and oxygen atoms in total. The number of thioether (sulfide) groups is 1. The predicted molar refractivity (Wildman–Crippen MR) is 57.3 cm³/mol. The van der Waals surface area contributed by atoms with Crippen LogP contribution in [0.25, 0.3) is 0 Å². The molecule has 0 bridgehead atoms. The van der Waals surface area contributed by atoms with Gasteiger partial charge in [0.1, 0.15) is 0 Å². The van der Waals surface area contributed by atoms with Crippen molar-refractivity contribution in [1.29, 1.82) is 0 Å². The predicted octanol–water partition coefficient (Wildman–Crippen LogP) is 2.52. The Morgan fingerprint density at radius 1 is 1.56 bits per heavy atom. The number of rotatable bonds is 3. The molecule has 16 heavy (non-hydrogen) atoms. The molecule has 1 heterocycles. The normalized spacial score (nSPS) is 37.8. The van der Waals surface area contributed by atoms with Gasteiger partial charge in [0.05, 0.1) is 6.61 Å². The van der Waals surface area contributed by atoms with Crippen LogP contribution in [0.5, 0.6) is 0 Å². The molecule has 0 aromatic rings. The van der Waals surface area contributed by atoms with Gasteiger partial charge in [-0.15, -0.1) is 0 Å². The molecule has 1 unspecified atom stereocenters. The Labute approximate surface area is 96.3 Å². The van der Waals surface area contributed by atoms with E-state index in [4.69, 9.17) is 4.74 Å². The number of hydrogen-bond donors (Lipinski definition) is 0. The second-order valence-corrected chi connectivity index (χ2v) is 5.50. The minimum atomic E-state index is -4.95. The lowest BCUT2D eigenvalue weighted by molar-refractivity contribution is -0.145. The Bertz CT molecular complexity index is 310. The van der Waals surface area contributed by atoms with Gasteiger partial charge in [-0.05, 0) is 29.7 Å². The van der Waals surface area contributed by atoms with Gasteiger partial charge in [-0.25, -0.2) is 0 Å². The average Bonchev–Trinajstić information content (AvgIpc) is 2.87. The molecule has 0 radical (unpaired) electrons. The first-order valence-electron chi connectivity index (χ1n) is 5.39. The van der Waals surface area contributed by atoms with E-state index in [0.717, 1.165) is 0 Å². The lowest BCUT2D eigenvalue weighted by Crippen LogP contribution is -2.32. The third-order valence-corrected chi connectivity index (χ3v) is 4.78. The SMILES string of the molecule is CCOC(=O)[C@@H]1C2CSCC[C@]21[B-](F)(F)F. The molecule has 2 rings (SSSR count). The first kappa shape index (κ1) is 12.1. The fourth-order valence-corrected chi connectivity index (χ4v) is 4.24. The van der Waals surface area contributed by atoms with Crippen LogP contribution in [0.15, 0.2) is 0 Å². The number of carbonyl (C=O) groups is 1. The molecule has 1 aliphatic carbocycles. The molecule has 0 spiro atoms. The van der Waals surface area contributed by atoms with Crippen LogP contribution in [0, 0.1) is 11.8 Å². The summed E-state index contributed by atoms with van der Waals surface area (Å²) in [6.45, 7) is -3.19. The Kier molecular flexibility index (Phi) is 2.93. The molecule has 0 aromatic heterocycles. The Hall–Kier alpha value is -0.325. The molecule has 0 N–H and O–H groups in total. The van der Waals surface area contributed by atoms with Gasteiger partial charge in [-0.2, -0.15) is 11.8 Å². The minimum absolute atomic E-state index is 0.0787. The molecule has 1 saturated carbocycles. The fourth-order valence-electron chi connectivity index (χ4n) is 2.82. The number of ether oxygens (including phenoxy) is 1. The zero-order valence-electron chi connectivity index (χ0n) is 8.92. The van der Waals surface area contributed by atoms with Crippen molar-refractivity contribution in [1.82, 2.24) is 0 Å². The highest BCUT2D eigenvalue weighted by molar-refractivity contribution is 7.99. The van der Waals surface area contributed by atoms with E-state index >= 15 is 0 Å². The van der Waals surface area contributed by atoms with Gasteiger partial charge in [0.15, 0.2) is 0 Å². The van der Waals surface area contributed by atoms with Crippen molar-refractivity contribution in [2.75, 3.05) is 18.1 Å². The average molecular weight is 253 g/mol. The van der Waals surface area contributed by atoms with Crippen molar-refractivity contribution in [2.45, 2.75) is 18.7 Å². The lowest BCUT2D eigenvalue weighted by atomic mass is 9.64. The van der Waals surface area contributed by atoms with E-state index in [1.165, 1.54) is 11.8 Å². The van der Waals surface area contributed by atoms with Crippen molar-refractivity contribution in [3.8, 4) is 0 Å². The van der Waals surface area contributed by atoms with Gasteiger partial charge in [0.2, 0.25) is 0 Å². The Morgan fingerprint density at radius 3 is 2.75 bits per heavy atom. The summed E-state index contributed by atoms with van der Waals surface area (Å²) in [6, 6.07) is 0. The third kappa shape index (κ3) is 1.55. The summed E-state index contributed by atoms with van der Waals surface area (Å²) < 4.78 is 43.9. The smallest absolute Gasteiger partial charge is 0.466 e. The van der Waals surface area contributed by atoms with Crippen molar-refractivity contribution in [3.63, 3.8) is 0 Å². The summed E-state index contributed by atoms with van der Waals surface area (Å²) in [7, 11) is 0. The Balaban J connectivity index is 2.19. The van der Waals surface area contributed by atoms with Crippen LogP contribution in [-0.2, 0) is 9.53 Å². The summed E-state index contributed by atoms with van der Waals surface area (Å²) >= 11 is 1.50. The molecule has 0 amide bonds. The molecule has 92 valence electrons.